The van der Waals surface area contributed by atoms with E-state index < -0.39 is 6.10 Å². The number of aliphatic hydroxyl groups excluding tert-OH is 1. The fourth-order valence-electron chi connectivity index (χ4n) is 1.73. The summed E-state index contributed by atoms with van der Waals surface area (Å²) >= 11 is 9.05. The predicted molar refractivity (Wildman–Crippen MR) is 74.2 cm³/mol. The van der Waals surface area contributed by atoms with Crippen molar-refractivity contribution in [2.75, 3.05) is 0 Å². The quantitative estimate of drug-likeness (QED) is 0.878. The minimum absolute atomic E-state index is 0.329. The van der Waals surface area contributed by atoms with Crippen LogP contribution in [0, 0.1) is 5.82 Å². The Morgan fingerprint density at radius 1 is 1.17 bits per heavy atom. The predicted octanol–water partition coefficient (Wildman–Crippen LogP) is 4.52. The first-order chi connectivity index (χ1) is 8.56. The van der Waals surface area contributed by atoms with E-state index in [-0.39, 0.29) is 5.82 Å². The minimum atomic E-state index is -0.679. The molecule has 0 spiro atoms. The Balaban J connectivity index is 2.16. The molecule has 1 nitrogen and oxygen atoms in total. The molecule has 0 aliphatic carbocycles. The van der Waals surface area contributed by atoms with Gasteiger partial charge in [0.15, 0.2) is 0 Å². The van der Waals surface area contributed by atoms with Crippen LogP contribution in [0.3, 0.4) is 0 Å². The molecule has 94 valence electrons. The van der Waals surface area contributed by atoms with Crippen molar-refractivity contribution >= 4 is 27.5 Å². The molecular formula is C14H11BrClFO. The Bertz CT molecular complexity index is 542. The van der Waals surface area contributed by atoms with E-state index in [4.69, 9.17) is 11.6 Å². The Morgan fingerprint density at radius 2 is 1.83 bits per heavy atom. The highest BCUT2D eigenvalue weighted by Crippen LogP contribution is 2.27. The Hall–Kier alpha value is -0.900. The van der Waals surface area contributed by atoms with Crippen LogP contribution in [0.25, 0.3) is 0 Å². The lowest BCUT2D eigenvalue weighted by atomic mass is 10.0. The van der Waals surface area contributed by atoms with Gasteiger partial charge in [0.05, 0.1) is 6.10 Å². The third-order valence-electron chi connectivity index (χ3n) is 2.66. The van der Waals surface area contributed by atoms with Crippen molar-refractivity contribution in [3.63, 3.8) is 0 Å². The maximum Gasteiger partial charge on any atom is 0.124 e. The Morgan fingerprint density at radius 3 is 2.44 bits per heavy atom. The Kier molecular flexibility index (Phi) is 4.38. The summed E-state index contributed by atoms with van der Waals surface area (Å²) < 4.78 is 13.5. The molecule has 0 saturated carbocycles. The third kappa shape index (κ3) is 3.31. The summed E-state index contributed by atoms with van der Waals surface area (Å²) in [4.78, 5) is 0. The number of aliphatic hydroxyl groups is 1. The first kappa shape index (κ1) is 13.5. The zero-order chi connectivity index (χ0) is 13.1. The lowest BCUT2D eigenvalue weighted by Gasteiger charge is -2.13. The van der Waals surface area contributed by atoms with Crippen molar-refractivity contribution in [2.45, 2.75) is 12.5 Å². The smallest absolute Gasteiger partial charge is 0.124 e. The summed E-state index contributed by atoms with van der Waals surface area (Å²) in [6.45, 7) is 0. The van der Waals surface area contributed by atoms with Gasteiger partial charge in [-0.05, 0) is 35.4 Å². The zero-order valence-corrected chi connectivity index (χ0v) is 11.7. The SMILES string of the molecule is OC(Cc1ccc(Cl)cc1)c1ccc(F)cc1Br. The van der Waals surface area contributed by atoms with Crippen LogP contribution in [0.2, 0.25) is 5.02 Å². The van der Waals surface area contributed by atoms with Gasteiger partial charge in [-0.1, -0.05) is 45.7 Å². The molecule has 0 aliphatic rings. The summed E-state index contributed by atoms with van der Waals surface area (Å²) in [5.74, 6) is -0.329. The minimum Gasteiger partial charge on any atom is -0.388 e. The molecule has 0 fully saturated rings. The lowest BCUT2D eigenvalue weighted by Crippen LogP contribution is -2.03. The molecule has 1 atom stereocenters. The topological polar surface area (TPSA) is 20.2 Å². The average molecular weight is 330 g/mol. The highest BCUT2D eigenvalue weighted by molar-refractivity contribution is 9.10. The molecule has 0 aromatic heterocycles. The molecule has 2 rings (SSSR count). The summed E-state index contributed by atoms with van der Waals surface area (Å²) in [6.07, 6.45) is -0.220. The first-order valence-corrected chi connectivity index (χ1v) is 6.61. The number of benzene rings is 2. The molecule has 2 aromatic carbocycles. The maximum absolute atomic E-state index is 13.0. The van der Waals surface area contributed by atoms with Gasteiger partial charge in [0, 0.05) is 15.9 Å². The summed E-state index contributed by atoms with van der Waals surface area (Å²) in [6, 6.07) is 11.6. The van der Waals surface area contributed by atoms with Gasteiger partial charge in [0.2, 0.25) is 0 Å². The van der Waals surface area contributed by atoms with Gasteiger partial charge in [-0.15, -0.1) is 0 Å². The second-order valence-corrected chi connectivity index (χ2v) is 5.30. The second-order valence-electron chi connectivity index (χ2n) is 4.01. The van der Waals surface area contributed by atoms with Gasteiger partial charge in [-0.2, -0.15) is 0 Å². The zero-order valence-electron chi connectivity index (χ0n) is 9.41. The van der Waals surface area contributed by atoms with Crippen molar-refractivity contribution in [3.05, 3.63) is 68.9 Å². The fraction of sp³-hybridized carbons (Fsp3) is 0.143. The molecular weight excluding hydrogens is 319 g/mol. The van der Waals surface area contributed by atoms with Crippen molar-refractivity contribution in [1.29, 1.82) is 0 Å². The van der Waals surface area contributed by atoms with Gasteiger partial charge in [0.1, 0.15) is 5.82 Å². The van der Waals surface area contributed by atoms with Crippen LogP contribution in [-0.2, 0) is 6.42 Å². The monoisotopic (exact) mass is 328 g/mol. The van der Waals surface area contributed by atoms with Gasteiger partial charge in [-0.25, -0.2) is 4.39 Å². The van der Waals surface area contributed by atoms with E-state index in [1.165, 1.54) is 12.1 Å². The third-order valence-corrected chi connectivity index (χ3v) is 3.60. The molecule has 0 bridgehead atoms. The van der Waals surface area contributed by atoms with E-state index in [2.05, 4.69) is 15.9 Å². The van der Waals surface area contributed by atoms with Gasteiger partial charge in [0.25, 0.3) is 0 Å². The van der Waals surface area contributed by atoms with Gasteiger partial charge in [-0.3, -0.25) is 0 Å². The average Bonchev–Trinajstić information content (AvgIpc) is 2.32. The largest absolute Gasteiger partial charge is 0.388 e. The van der Waals surface area contributed by atoms with E-state index in [9.17, 15) is 9.50 Å². The van der Waals surface area contributed by atoms with Crippen LogP contribution in [0.15, 0.2) is 46.9 Å². The molecule has 0 radical (unpaired) electrons. The molecule has 0 heterocycles. The van der Waals surface area contributed by atoms with E-state index in [1.807, 2.05) is 12.1 Å². The van der Waals surface area contributed by atoms with E-state index in [0.717, 1.165) is 5.56 Å². The van der Waals surface area contributed by atoms with Crippen molar-refractivity contribution in [1.82, 2.24) is 0 Å². The molecule has 1 unspecified atom stereocenters. The van der Waals surface area contributed by atoms with Gasteiger partial charge >= 0.3 is 0 Å². The maximum atomic E-state index is 13.0. The molecule has 4 heteroatoms. The molecule has 18 heavy (non-hydrogen) atoms. The number of hydrogen-bond acceptors (Lipinski definition) is 1. The van der Waals surface area contributed by atoms with Crippen LogP contribution < -0.4 is 0 Å². The van der Waals surface area contributed by atoms with Crippen LogP contribution in [0.4, 0.5) is 4.39 Å². The molecule has 0 saturated heterocycles. The number of rotatable bonds is 3. The molecule has 0 amide bonds. The Labute approximate surface area is 118 Å². The summed E-state index contributed by atoms with van der Waals surface area (Å²) in [5, 5.41) is 10.8. The lowest BCUT2D eigenvalue weighted by molar-refractivity contribution is 0.177. The highest BCUT2D eigenvalue weighted by Gasteiger charge is 2.12. The normalized spacial score (nSPS) is 12.4. The fourth-order valence-corrected chi connectivity index (χ4v) is 2.47. The summed E-state index contributed by atoms with van der Waals surface area (Å²) in [5.41, 5.74) is 1.65. The first-order valence-electron chi connectivity index (χ1n) is 5.44. The van der Waals surface area contributed by atoms with Crippen molar-refractivity contribution in [3.8, 4) is 0 Å². The van der Waals surface area contributed by atoms with E-state index in [1.54, 1.807) is 18.2 Å². The molecule has 0 aliphatic heterocycles. The van der Waals surface area contributed by atoms with Crippen LogP contribution in [-0.4, -0.2) is 5.11 Å². The standard InChI is InChI=1S/C14H11BrClFO/c15-13-8-11(17)5-6-12(13)14(18)7-9-1-3-10(16)4-2-9/h1-6,8,14,18H,7H2. The van der Waals surface area contributed by atoms with Crippen LogP contribution >= 0.6 is 27.5 Å². The molecule has 1 N–H and O–H groups in total. The van der Waals surface area contributed by atoms with Crippen molar-refractivity contribution in [2.24, 2.45) is 0 Å². The van der Waals surface area contributed by atoms with Gasteiger partial charge < -0.3 is 5.11 Å². The summed E-state index contributed by atoms with van der Waals surface area (Å²) in [7, 11) is 0. The number of halogens is 3. The van der Waals surface area contributed by atoms with Crippen LogP contribution in [0.5, 0.6) is 0 Å². The van der Waals surface area contributed by atoms with E-state index >= 15 is 0 Å². The van der Waals surface area contributed by atoms with Crippen LogP contribution in [0.1, 0.15) is 17.2 Å². The second kappa shape index (κ2) is 5.83. The van der Waals surface area contributed by atoms with Crippen molar-refractivity contribution < 1.29 is 9.50 Å². The van der Waals surface area contributed by atoms with E-state index in [0.29, 0.717) is 21.5 Å². The number of hydrogen-bond donors (Lipinski definition) is 1. The highest BCUT2D eigenvalue weighted by atomic mass is 79.9. The molecule has 2 aromatic rings.